The molecular formula is C16H8Br2F3NO3. The summed E-state index contributed by atoms with van der Waals surface area (Å²) in [5, 5.41) is 12.3. The van der Waals surface area contributed by atoms with Crippen molar-refractivity contribution in [3.63, 3.8) is 0 Å². The number of fused-ring (bicyclic) bond motifs is 1. The number of carbonyl (C=O) groups excluding carboxylic acids is 1. The van der Waals surface area contributed by atoms with Gasteiger partial charge in [0.1, 0.15) is 11.5 Å². The second kappa shape index (κ2) is 6.38. The molecule has 2 N–H and O–H groups in total. The fourth-order valence-corrected chi connectivity index (χ4v) is 3.56. The Morgan fingerprint density at radius 2 is 1.76 bits per heavy atom. The van der Waals surface area contributed by atoms with E-state index in [1.54, 1.807) is 12.1 Å². The Morgan fingerprint density at radius 1 is 1.12 bits per heavy atom. The minimum atomic E-state index is -4.82. The van der Waals surface area contributed by atoms with E-state index in [1.165, 1.54) is 12.1 Å². The Labute approximate surface area is 156 Å². The molecule has 25 heavy (non-hydrogen) atoms. The highest BCUT2D eigenvalue weighted by atomic mass is 79.9. The van der Waals surface area contributed by atoms with Crippen LogP contribution < -0.4 is 10.1 Å². The third kappa shape index (κ3) is 3.82. The highest BCUT2D eigenvalue weighted by molar-refractivity contribution is 9.11. The Balaban J connectivity index is 2.05. The molecule has 0 radical (unpaired) electrons. The van der Waals surface area contributed by atoms with Gasteiger partial charge in [-0.05, 0) is 73.8 Å². The molecular weight excluding hydrogens is 471 g/mol. The summed E-state index contributed by atoms with van der Waals surface area (Å²) in [5.74, 6) is -0.861. The van der Waals surface area contributed by atoms with E-state index in [2.05, 4.69) is 41.9 Å². The lowest BCUT2D eigenvalue weighted by Crippen LogP contribution is -2.17. The molecule has 0 fully saturated rings. The van der Waals surface area contributed by atoms with Crippen molar-refractivity contribution < 1.29 is 27.8 Å². The molecule has 0 atom stereocenters. The zero-order valence-corrected chi connectivity index (χ0v) is 15.3. The first-order chi connectivity index (χ1) is 11.6. The van der Waals surface area contributed by atoms with Gasteiger partial charge in [0.2, 0.25) is 0 Å². The second-order valence-corrected chi connectivity index (χ2v) is 6.81. The molecule has 1 heterocycles. The molecule has 3 rings (SSSR count). The van der Waals surface area contributed by atoms with Crippen LogP contribution in [-0.2, 0) is 4.79 Å². The lowest BCUT2D eigenvalue weighted by atomic mass is 10.0. The van der Waals surface area contributed by atoms with Gasteiger partial charge in [0, 0.05) is 16.8 Å². The molecule has 1 aliphatic rings. The monoisotopic (exact) mass is 477 g/mol. The molecule has 130 valence electrons. The second-order valence-electron chi connectivity index (χ2n) is 5.10. The van der Waals surface area contributed by atoms with Crippen LogP contribution in [0, 0.1) is 0 Å². The van der Waals surface area contributed by atoms with Gasteiger partial charge >= 0.3 is 6.36 Å². The maximum absolute atomic E-state index is 12.4. The Morgan fingerprint density at radius 3 is 2.36 bits per heavy atom. The number of alkyl halides is 3. The van der Waals surface area contributed by atoms with E-state index in [4.69, 9.17) is 0 Å². The highest BCUT2D eigenvalue weighted by Gasteiger charge is 2.32. The first-order valence-corrected chi connectivity index (χ1v) is 8.34. The standard InChI is InChI=1S/C16H8Br2F3NO3/c17-11-4-7(5-12(18)14(11)23)3-10-9-6-8(25-16(19,20)21)1-2-13(9)22-15(10)24/h1-6,23H,(H,22,24). The maximum Gasteiger partial charge on any atom is 0.573 e. The normalized spacial score (nSPS) is 15.2. The Hall–Kier alpha value is -2.00. The lowest BCUT2D eigenvalue weighted by molar-refractivity contribution is -0.274. The summed E-state index contributed by atoms with van der Waals surface area (Å²) in [6, 6.07) is 6.78. The van der Waals surface area contributed by atoms with Gasteiger partial charge in [-0.25, -0.2) is 0 Å². The van der Waals surface area contributed by atoms with Crippen molar-refractivity contribution >= 4 is 55.1 Å². The van der Waals surface area contributed by atoms with E-state index in [0.717, 1.165) is 12.1 Å². The summed E-state index contributed by atoms with van der Waals surface area (Å²) in [6.45, 7) is 0. The summed E-state index contributed by atoms with van der Waals surface area (Å²) < 4.78 is 41.9. The summed E-state index contributed by atoms with van der Waals surface area (Å²) in [6.07, 6.45) is -3.31. The van der Waals surface area contributed by atoms with E-state index in [1.807, 2.05) is 0 Å². The molecule has 0 spiro atoms. The summed E-state index contributed by atoms with van der Waals surface area (Å²) in [5.41, 5.74) is 1.44. The van der Waals surface area contributed by atoms with Crippen LogP contribution in [0.1, 0.15) is 11.1 Å². The molecule has 0 aromatic heterocycles. The van der Waals surface area contributed by atoms with Crippen LogP contribution in [0.5, 0.6) is 11.5 Å². The summed E-state index contributed by atoms with van der Waals surface area (Å²) in [4.78, 5) is 12.2. The molecule has 0 aliphatic carbocycles. The number of carbonyl (C=O) groups is 1. The number of phenols is 1. The molecule has 0 saturated heterocycles. The number of phenolic OH excluding ortho intramolecular Hbond substituents is 1. The average molecular weight is 479 g/mol. The van der Waals surface area contributed by atoms with Gasteiger partial charge in [-0.2, -0.15) is 0 Å². The number of aromatic hydroxyl groups is 1. The van der Waals surface area contributed by atoms with E-state index in [9.17, 15) is 23.1 Å². The smallest absolute Gasteiger partial charge is 0.506 e. The first-order valence-electron chi connectivity index (χ1n) is 6.75. The fourth-order valence-electron chi connectivity index (χ4n) is 2.34. The molecule has 2 aromatic carbocycles. The van der Waals surface area contributed by atoms with Crippen molar-refractivity contribution in [2.75, 3.05) is 5.32 Å². The molecule has 0 saturated carbocycles. The number of ether oxygens (including phenoxy) is 1. The quantitative estimate of drug-likeness (QED) is 0.575. The maximum atomic E-state index is 12.4. The van der Waals surface area contributed by atoms with Gasteiger partial charge < -0.3 is 15.2 Å². The van der Waals surface area contributed by atoms with Crippen LogP contribution in [0.4, 0.5) is 18.9 Å². The Kier molecular flexibility index (Phi) is 4.54. The van der Waals surface area contributed by atoms with Gasteiger partial charge in [0.25, 0.3) is 5.91 Å². The molecule has 2 aromatic rings. The van der Waals surface area contributed by atoms with Gasteiger partial charge in [-0.15, -0.1) is 13.2 Å². The predicted octanol–water partition coefficient (Wildman–Crippen LogP) is 5.31. The Bertz CT molecular complexity index is 887. The lowest BCUT2D eigenvalue weighted by Gasteiger charge is -2.10. The number of anilines is 1. The van der Waals surface area contributed by atoms with Crippen molar-refractivity contribution in [1.82, 2.24) is 0 Å². The number of nitrogens with one attached hydrogen (secondary N) is 1. The molecule has 1 aliphatic heterocycles. The number of rotatable bonds is 2. The van der Waals surface area contributed by atoms with E-state index in [-0.39, 0.29) is 11.3 Å². The van der Waals surface area contributed by atoms with Crippen molar-refractivity contribution in [3.8, 4) is 11.5 Å². The van der Waals surface area contributed by atoms with Crippen LogP contribution in [-0.4, -0.2) is 17.4 Å². The van der Waals surface area contributed by atoms with Gasteiger partial charge in [0.15, 0.2) is 0 Å². The van der Waals surface area contributed by atoms with Crippen LogP contribution in [0.3, 0.4) is 0 Å². The SMILES string of the molecule is O=C1Nc2ccc(OC(F)(F)F)cc2C1=Cc1cc(Br)c(O)c(Br)c1. The zero-order valence-electron chi connectivity index (χ0n) is 12.1. The molecule has 4 nitrogen and oxygen atoms in total. The third-order valence-electron chi connectivity index (χ3n) is 3.36. The minimum Gasteiger partial charge on any atom is -0.506 e. The zero-order chi connectivity index (χ0) is 18.4. The molecule has 9 heteroatoms. The third-order valence-corrected chi connectivity index (χ3v) is 4.57. The largest absolute Gasteiger partial charge is 0.573 e. The highest BCUT2D eigenvalue weighted by Crippen LogP contribution is 2.39. The van der Waals surface area contributed by atoms with Crippen molar-refractivity contribution in [2.24, 2.45) is 0 Å². The van der Waals surface area contributed by atoms with Crippen molar-refractivity contribution in [1.29, 1.82) is 0 Å². The van der Waals surface area contributed by atoms with Crippen molar-refractivity contribution in [2.45, 2.75) is 6.36 Å². The summed E-state index contributed by atoms with van der Waals surface area (Å²) in [7, 11) is 0. The number of halogens is 5. The van der Waals surface area contributed by atoms with Crippen LogP contribution in [0.2, 0.25) is 0 Å². The first kappa shape index (κ1) is 17.8. The average Bonchev–Trinajstić information content (AvgIpc) is 2.79. The van der Waals surface area contributed by atoms with E-state index in [0.29, 0.717) is 25.8 Å². The van der Waals surface area contributed by atoms with Gasteiger partial charge in [-0.3, -0.25) is 4.79 Å². The van der Waals surface area contributed by atoms with E-state index >= 15 is 0 Å². The van der Waals surface area contributed by atoms with Gasteiger partial charge in [0.05, 0.1) is 8.95 Å². The molecule has 1 amide bonds. The summed E-state index contributed by atoms with van der Waals surface area (Å²) >= 11 is 6.37. The topological polar surface area (TPSA) is 58.6 Å². The fraction of sp³-hybridized carbons (Fsp3) is 0.0625. The number of hydrogen-bond donors (Lipinski definition) is 2. The number of amides is 1. The van der Waals surface area contributed by atoms with Crippen LogP contribution in [0.25, 0.3) is 11.6 Å². The van der Waals surface area contributed by atoms with Crippen LogP contribution >= 0.6 is 31.9 Å². The number of hydrogen-bond acceptors (Lipinski definition) is 3. The number of benzene rings is 2. The van der Waals surface area contributed by atoms with Gasteiger partial charge in [-0.1, -0.05) is 0 Å². The minimum absolute atomic E-state index is 0.000660. The van der Waals surface area contributed by atoms with Crippen molar-refractivity contribution in [3.05, 3.63) is 50.4 Å². The predicted molar refractivity (Wildman–Crippen MR) is 93.1 cm³/mol. The molecule has 0 unspecified atom stereocenters. The van der Waals surface area contributed by atoms with Crippen LogP contribution in [0.15, 0.2) is 39.3 Å². The van der Waals surface area contributed by atoms with E-state index < -0.39 is 18.0 Å². The molecule has 0 bridgehead atoms.